The summed E-state index contributed by atoms with van der Waals surface area (Å²) in [6.45, 7) is 0.573. The fraction of sp³-hybridized carbons (Fsp3) is 0.167. The number of carbonyl (C=O) groups excluding carboxylic acids is 1. The lowest BCUT2D eigenvalue weighted by Crippen LogP contribution is -2.23. The van der Waals surface area contributed by atoms with Crippen molar-refractivity contribution >= 4 is 35.0 Å². The Balaban J connectivity index is 1.67. The Labute approximate surface area is 166 Å². The van der Waals surface area contributed by atoms with Crippen molar-refractivity contribution in [2.24, 2.45) is 0 Å². The Bertz CT molecular complexity index is 1030. The van der Waals surface area contributed by atoms with E-state index in [4.69, 9.17) is 16.9 Å². The quantitative estimate of drug-likeness (QED) is 0.560. The number of hydrogen-bond acceptors (Lipinski definition) is 7. The number of rotatable bonds is 7. The molecule has 3 aromatic rings. The molecule has 1 aromatic carbocycles. The lowest BCUT2D eigenvalue weighted by molar-refractivity contribution is -0.121. The van der Waals surface area contributed by atoms with E-state index in [-0.39, 0.29) is 12.5 Å². The first-order chi connectivity index (χ1) is 13.6. The number of nitriles is 1. The van der Waals surface area contributed by atoms with E-state index < -0.39 is 0 Å². The van der Waals surface area contributed by atoms with E-state index in [9.17, 15) is 4.79 Å². The minimum atomic E-state index is -0.149. The maximum absolute atomic E-state index is 11.4. The van der Waals surface area contributed by atoms with Crippen LogP contribution in [0.4, 0.5) is 17.5 Å². The largest absolute Gasteiger partial charge is 0.365 e. The second kappa shape index (κ2) is 8.83. The highest BCUT2D eigenvalue weighted by molar-refractivity contribution is 6.32. The summed E-state index contributed by atoms with van der Waals surface area (Å²) < 4.78 is 1.50. The molecule has 3 rings (SSSR count). The number of amides is 1. The predicted molar refractivity (Wildman–Crippen MR) is 105 cm³/mol. The molecule has 0 aliphatic carbocycles. The van der Waals surface area contributed by atoms with Crippen LogP contribution in [0.2, 0.25) is 5.02 Å². The van der Waals surface area contributed by atoms with Crippen molar-refractivity contribution in [1.29, 1.82) is 5.26 Å². The van der Waals surface area contributed by atoms with Crippen LogP contribution >= 0.6 is 11.6 Å². The zero-order valence-electron chi connectivity index (χ0n) is 15.0. The van der Waals surface area contributed by atoms with Gasteiger partial charge in [0.25, 0.3) is 0 Å². The van der Waals surface area contributed by atoms with Gasteiger partial charge >= 0.3 is 0 Å². The van der Waals surface area contributed by atoms with Gasteiger partial charge in [0, 0.05) is 19.8 Å². The maximum atomic E-state index is 11.4. The third kappa shape index (κ3) is 4.96. The highest BCUT2D eigenvalue weighted by Gasteiger charge is 2.08. The zero-order chi connectivity index (χ0) is 19.9. The van der Waals surface area contributed by atoms with E-state index >= 15 is 0 Å². The molecule has 1 amide bonds. The minimum absolute atomic E-state index is 0.119. The van der Waals surface area contributed by atoms with Gasteiger partial charge in [0.2, 0.25) is 11.9 Å². The third-order valence-corrected chi connectivity index (χ3v) is 4.01. The molecule has 0 spiro atoms. The molecule has 0 atom stereocenters. The van der Waals surface area contributed by atoms with Gasteiger partial charge in [0.05, 0.1) is 29.7 Å². The van der Waals surface area contributed by atoms with Gasteiger partial charge < -0.3 is 16.0 Å². The fourth-order valence-corrected chi connectivity index (χ4v) is 2.52. The van der Waals surface area contributed by atoms with Crippen LogP contribution in [0.25, 0.3) is 0 Å². The summed E-state index contributed by atoms with van der Waals surface area (Å²) in [4.78, 5) is 19.9. The van der Waals surface area contributed by atoms with Crippen LogP contribution < -0.4 is 16.0 Å². The Morgan fingerprint density at radius 2 is 2.21 bits per heavy atom. The standard InChI is InChI=1S/C18H17ClN8O/c1-21-16(28)11-27-10-14(8-24-27)25-18-23-9-15(19)17(26-18)22-7-13-4-2-3-12(5-13)6-20/h2-5,8-10H,7,11H2,1H3,(H,21,28)(H2,22,23,25,26). The number of hydrogen-bond donors (Lipinski definition) is 3. The second-order valence-corrected chi connectivity index (χ2v) is 6.19. The van der Waals surface area contributed by atoms with Crippen molar-refractivity contribution in [3.05, 3.63) is 59.0 Å². The first-order valence-corrected chi connectivity index (χ1v) is 8.70. The number of nitrogens with one attached hydrogen (secondary N) is 3. The van der Waals surface area contributed by atoms with E-state index in [1.807, 2.05) is 12.1 Å². The molecule has 0 saturated heterocycles. The third-order valence-electron chi connectivity index (χ3n) is 3.73. The van der Waals surface area contributed by atoms with Crippen molar-refractivity contribution in [2.45, 2.75) is 13.1 Å². The van der Waals surface area contributed by atoms with Gasteiger partial charge in [-0.2, -0.15) is 15.3 Å². The van der Waals surface area contributed by atoms with Crippen LogP contribution in [0.3, 0.4) is 0 Å². The molecule has 28 heavy (non-hydrogen) atoms. The molecule has 0 saturated carbocycles. The molecule has 0 unspecified atom stereocenters. The summed E-state index contributed by atoms with van der Waals surface area (Å²) in [5.74, 6) is 0.640. The van der Waals surface area contributed by atoms with E-state index in [2.05, 4.69) is 37.1 Å². The molecule has 3 N–H and O–H groups in total. The molecule has 0 aliphatic heterocycles. The van der Waals surface area contributed by atoms with Gasteiger partial charge in [-0.05, 0) is 17.7 Å². The fourth-order valence-electron chi connectivity index (χ4n) is 2.36. The van der Waals surface area contributed by atoms with Crippen LogP contribution in [0.5, 0.6) is 0 Å². The minimum Gasteiger partial charge on any atom is -0.365 e. The summed E-state index contributed by atoms with van der Waals surface area (Å²) in [6, 6.07) is 9.37. The van der Waals surface area contributed by atoms with Gasteiger partial charge in [-0.1, -0.05) is 23.7 Å². The molecule has 0 fully saturated rings. The van der Waals surface area contributed by atoms with Gasteiger partial charge in [-0.3, -0.25) is 9.48 Å². The smallest absolute Gasteiger partial charge is 0.241 e. The van der Waals surface area contributed by atoms with Crippen molar-refractivity contribution in [2.75, 3.05) is 17.7 Å². The number of anilines is 3. The van der Waals surface area contributed by atoms with Crippen molar-refractivity contribution in [1.82, 2.24) is 25.1 Å². The Morgan fingerprint density at radius 1 is 1.36 bits per heavy atom. The van der Waals surface area contributed by atoms with Gasteiger partial charge in [-0.15, -0.1) is 0 Å². The van der Waals surface area contributed by atoms with Gasteiger partial charge in [0.1, 0.15) is 11.6 Å². The number of carbonyl (C=O) groups is 1. The van der Waals surface area contributed by atoms with Gasteiger partial charge in [-0.25, -0.2) is 4.98 Å². The van der Waals surface area contributed by atoms with Crippen LogP contribution in [0.1, 0.15) is 11.1 Å². The van der Waals surface area contributed by atoms with Crippen LogP contribution in [0, 0.1) is 11.3 Å². The Hall–Kier alpha value is -3.64. The highest BCUT2D eigenvalue weighted by atomic mass is 35.5. The van der Waals surface area contributed by atoms with Crippen LogP contribution in [-0.2, 0) is 17.9 Å². The molecule has 10 heteroatoms. The molecule has 142 valence electrons. The summed E-state index contributed by atoms with van der Waals surface area (Å²) >= 11 is 6.17. The van der Waals surface area contributed by atoms with Crippen molar-refractivity contribution in [3.8, 4) is 6.07 Å². The Morgan fingerprint density at radius 3 is 3.00 bits per heavy atom. The monoisotopic (exact) mass is 396 g/mol. The summed E-state index contributed by atoms with van der Waals surface area (Å²) in [7, 11) is 1.57. The average molecular weight is 397 g/mol. The van der Waals surface area contributed by atoms with E-state index in [1.54, 1.807) is 31.6 Å². The number of nitrogens with zero attached hydrogens (tertiary/aromatic N) is 5. The lowest BCUT2D eigenvalue weighted by Gasteiger charge is -2.09. The van der Waals surface area contributed by atoms with Crippen LogP contribution in [0.15, 0.2) is 42.9 Å². The highest BCUT2D eigenvalue weighted by Crippen LogP contribution is 2.22. The molecule has 2 heterocycles. The topological polar surface area (TPSA) is 121 Å². The number of likely N-dealkylation sites (N-methyl/N-ethyl adjacent to an activating group) is 1. The maximum Gasteiger partial charge on any atom is 0.241 e. The first kappa shape index (κ1) is 19.1. The second-order valence-electron chi connectivity index (χ2n) is 5.78. The molecule has 9 nitrogen and oxygen atoms in total. The van der Waals surface area contributed by atoms with E-state index in [1.165, 1.54) is 10.9 Å². The normalized spacial score (nSPS) is 10.2. The van der Waals surface area contributed by atoms with Crippen molar-refractivity contribution < 1.29 is 4.79 Å². The molecule has 0 radical (unpaired) electrons. The number of aromatic nitrogens is 4. The number of benzene rings is 1. The molecule has 0 bridgehead atoms. The SMILES string of the molecule is CNC(=O)Cn1cc(Nc2ncc(Cl)c(NCc3cccc(C#N)c3)n2)cn1. The molecule has 0 aliphatic rings. The van der Waals surface area contributed by atoms with Crippen LogP contribution in [-0.4, -0.2) is 32.7 Å². The van der Waals surface area contributed by atoms with Gasteiger partial charge in [0.15, 0.2) is 5.82 Å². The first-order valence-electron chi connectivity index (χ1n) is 8.33. The predicted octanol–water partition coefficient (Wildman–Crippen LogP) is 2.30. The van der Waals surface area contributed by atoms with E-state index in [0.717, 1.165) is 5.56 Å². The average Bonchev–Trinajstić information content (AvgIpc) is 3.15. The van der Waals surface area contributed by atoms with Crippen molar-refractivity contribution in [3.63, 3.8) is 0 Å². The van der Waals surface area contributed by atoms with E-state index in [0.29, 0.717) is 34.6 Å². The summed E-state index contributed by atoms with van der Waals surface area (Å²) in [6.07, 6.45) is 4.73. The molecular weight excluding hydrogens is 380 g/mol. The number of halogens is 1. The molecular formula is C18H17ClN8O. The molecule has 2 aromatic heterocycles. The Kier molecular flexibility index (Phi) is 6.04. The zero-order valence-corrected chi connectivity index (χ0v) is 15.7. The lowest BCUT2D eigenvalue weighted by atomic mass is 10.1. The summed E-state index contributed by atoms with van der Waals surface area (Å²) in [5.41, 5.74) is 2.15. The summed E-state index contributed by atoms with van der Waals surface area (Å²) in [5, 5.41) is 22.2.